The Hall–Kier alpha value is -2.29. The number of fused-ring (bicyclic) bond motifs is 1. The summed E-state index contributed by atoms with van der Waals surface area (Å²) in [5, 5.41) is 4.52. The quantitative estimate of drug-likeness (QED) is 0.716. The highest BCUT2D eigenvalue weighted by molar-refractivity contribution is 5.81. The monoisotopic (exact) mass is 223 g/mol. The van der Waals surface area contributed by atoms with E-state index in [0.717, 1.165) is 23.1 Å². The van der Waals surface area contributed by atoms with E-state index in [1.807, 2.05) is 36.8 Å². The molecule has 0 unspecified atom stereocenters. The summed E-state index contributed by atoms with van der Waals surface area (Å²) in [6.45, 7) is 0.809. The number of H-pyrrole nitrogens is 1. The van der Waals surface area contributed by atoms with Gasteiger partial charge in [-0.2, -0.15) is 0 Å². The molecule has 2 aromatic heterocycles. The van der Waals surface area contributed by atoms with Crippen molar-refractivity contribution in [3.63, 3.8) is 0 Å². The van der Waals surface area contributed by atoms with Gasteiger partial charge in [-0.1, -0.05) is 18.2 Å². The van der Waals surface area contributed by atoms with Crippen LogP contribution in [0.4, 0.5) is 5.69 Å². The molecule has 17 heavy (non-hydrogen) atoms. The lowest BCUT2D eigenvalue weighted by atomic mass is 10.2. The van der Waals surface area contributed by atoms with Crippen molar-refractivity contribution in [2.75, 3.05) is 5.32 Å². The Kier molecular flexibility index (Phi) is 2.50. The molecular formula is C14H13N3. The number of nitrogens with one attached hydrogen (secondary N) is 2. The van der Waals surface area contributed by atoms with Crippen molar-refractivity contribution >= 4 is 16.6 Å². The van der Waals surface area contributed by atoms with Gasteiger partial charge >= 0.3 is 0 Å². The topological polar surface area (TPSA) is 40.7 Å². The zero-order valence-corrected chi connectivity index (χ0v) is 9.35. The first-order valence-electron chi connectivity index (χ1n) is 5.62. The van der Waals surface area contributed by atoms with Crippen LogP contribution < -0.4 is 5.32 Å². The molecule has 84 valence electrons. The maximum atomic E-state index is 4.41. The molecule has 3 heteroatoms. The second-order valence-electron chi connectivity index (χ2n) is 3.99. The highest BCUT2D eigenvalue weighted by Gasteiger charge is 1.97. The van der Waals surface area contributed by atoms with Gasteiger partial charge in [0.05, 0.1) is 17.4 Å². The van der Waals surface area contributed by atoms with Crippen LogP contribution in [0.25, 0.3) is 10.9 Å². The number of anilines is 1. The van der Waals surface area contributed by atoms with Gasteiger partial charge in [0.1, 0.15) is 0 Å². The number of aromatic nitrogens is 2. The third kappa shape index (κ3) is 2.13. The number of pyridine rings is 1. The Labute approximate surface area is 99.5 Å². The summed E-state index contributed by atoms with van der Waals surface area (Å²) in [4.78, 5) is 7.45. The number of nitrogens with zero attached hydrogens (tertiary/aromatic N) is 1. The lowest BCUT2D eigenvalue weighted by molar-refractivity contribution is 1.15. The van der Waals surface area contributed by atoms with Gasteiger partial charge in [-0.05, 0) is 23.8 Å². The van der Waals surface area contributed by atoms with Crippen LogP contribution in [-0.2, 0) is 6.54 Å². The molecule has 3 aromatic rings. The molecule has 0 radical (unpaired) electrons. The van der Waals surface area contributed by atoms with Crippen LogP contribution in [0.5, 0.6) is 0 Å². The van der Waals surface area contributed by atoms with Gasteiger partial charge in [0.15, 0.2) is 0 Å². The molecule has 3 rings (SSSR count). The molecule has 2 N–H and O–H groups in total. The van der Waals surface area contributed by atoms with Gasteiger partial charge in [-0.15, -0.1) is 0 Å². The minimum Gasteiger partial charge on any atom is -0.380 e. The number of para-hydroxylation sites is 1. The average molecular weight is 223 g/mol. The number of hydrogen-bond donors (Lipinski definition) is 2. The van der Waals surface area contributed by atoms with Crippen LogP contribution in [-0.4, -0.2) is 9.97 Å². The van der Waals surface area contributed by atoms with E-state index in [2.05, 4.69) is 33.5 Å². The maximum Gasteiger partial charge on any atom is 0.0703 e. The number of aromatic amines is 1. The van der Waals surface area contributed by atoms with Crippen molar-refractivity contribution in [2.45, 2.75) is 6.54 Å². The van der Waals surface area contributed by atoms with Crippen LogP contribution in [0.1, 0.15) is 5.56 Å². The number of benzene rings is 1. The summed E-state index contributed by atoms with van der Waals surface area (Å²) in [7, 11) is 0. The molecular weight excluding hydrogens is 210 g/mol. The van der Waals surface area contributed by atoms with Crippen molar-refractivity contribution in [3.8, 4) is 0 Å². The minimum absolute atomic E-state index is 0.809. The molecule has 0 atom stereocenters. The summed E-state index contributed by atoms with van der Waals surface area (Å²) in [5.74, 6) is 0. The van der Waals surface area contributed by atoms with Crippen molar-refractivity contribution in [2.24, 2.45) is 0 Å². The van der Waals surface area contributed by atoms with Crippen LogP contribution in [0, 0.1) is 0 Å². The smallest absolute Gasteiger partial charge is 0.0703 e. The Bertz CT molecular complexity index is 614. The van der Waals surface area contributed by atoms with Crippen LogP contribution >= 0.6 is 0 Å². The van der Waals surface area contributed by atoms with Gasteiger partial charge < -0.3 is 10.3 Å². The summed E-state index contributed by atoms with van der Waals surface area (Å²) in [6.07, 6.45) is 5.78. The zero-order chi connectivity index (χ0) is 11.5. The Morgan fingerprint density at radius 2 is 2.12 bits per heavy atom. The van der Waals surface area contributed by atoms with Gasteiger partial charge in [0, 0.05) is 24.3 Å². The minimum atomic E-state index is 0.809. The Balaban J connectivity index is 1.81. The van der Waals surface area contributed by atoms with E-state index in [1.54, 1.807) is 0 Å². The van der Waals surface area contributed by atoms with E-state index in [9.17, 15) is 0 Å². The Morgan fingerprint density at radius 3 is 3.00 bits per heavy atom. The van der Waals surface area contributed by atoms with Crippen LogP contribution in [0.2, 0.25) is 0 Å². The van der Waals surface area contributed by atoms with E-state index in [-0.39, 0.29) is 0 Å². The van der Waals surface area contributed by atoms with Gasteiger partial charge in [0.25, 0.3) is 0 Å². The zero-order valence-electron chi connectivity index (χ0n) is 9.35. The molecule has 0 aliphatic rings. The van der Waals surface area contributed by atoms with E-state index in [4.69, 9.17) is 0 Å². The van der Waals surface area contributed by atoms with Crippen molar-refractivity contribution in [3.05, 3.63) is 60.6 Å². The standard InChI is InChI=1S/C14H13N3/c1-2-4-14-12(3-1)7-13(10-17-14)16-9-11-5-6-15-8-11/h1-8,10,15-16H,9H2. The highest BCUT2D eigenvalue weighted by Crippen LogP contribution is 2.16. The fraction of sp³-hybridized carbons (Fsp3) is 0.0714. The average Bonchev–Trinajstić information content (AvgIpc) is 2.89. The molecule has 0 bridgehead atoms. The number of rotatable bonds is 3. The SMILES string of the molecule is c1ccc2ncc(NCc3cc[nH]c3)cc2c1. The molecule has 0 spiro atoms. The molecule has 2 heterocycles. The van der Waals surface area contributed by atoms with Crippen LogP contribution in [0.15, 0.2) is 55.0 Å². The van der Waals surface area contributed by atoms with Crippen molar-refractivity contribution < 1.29 is 0 Å². The summed E-state index contributed by atoms with van der Waals surface area (Å²) >= 11 is 0. The molecule has 0 aliphatic heterocycles. The molecule has 0 aliphatic carbocycles. The fourth-order valence-corrected chi connectivity index (χ4v) is 1.84. The second-order valence-corrected chi connectivity index (χ2v) is 3.99. The molecule has 3 nitrogen and oxygen atoms in total. The summed E-state index contributed by atoms with van der Waals surface area (Å²) in [6, 6.07) is 12.3. The predicted molar refractivity (Wildman–Crippen MR) is 69.9 cm³/mol. The highest BCUT2D eigenvalue weighted by atomic mass is 14.9. The summed E-state index contributed by atoms with van der Waals surface area (Å²) in [5.41, 5.74) is 3.31. The molecule has 0 saturated heterocycles. The maximum absolute atomic E-state index is 4.41. The van der Waals surface area contributed by atoms with Gasteiger partial charge in [-0.3, -0.25) is 4.98 Å². The van der Waals surface area contributed by atoms with Gasteiger partial charge in [-0.25, -0.2) is 0 Å². The molecule has 0 fully saturated rings. The first-order valence-corrected chi connectivity index (χ1v) is 5.62. The Morgan fingerprint density at radius 1 is 1.18 bits per heavy atom. The van der Waals surface area contributed by atoms with E-state index >= 15 is 0 Å². The third-order valence-corrected chi connectivity index (χ3v) is 2.75. The predicted octanol–water partition coefficient (Wildman–Crippen LogP) is 3.18. The molecule has 0 saturated carbocycles. The van der Waals surface area contributed by atoms with Crippen molar-refractivity contribution in [1.29, 1.82) is 0 Å². The molecule has 0 amide bonds. The van der Waals surface area contributed by atoms with Crippen LogP contribution in [0.3, 0.4) is 0 Å². The molecule has 1 aromatic carbocycles. The second kappa shape index (κ2) is 4.29. The lowest BCUT2D eigenvalue weighted by Crippen LogP contribution is -1.98. The third-order valence-electron chi connectivity index (χ3n) is 2.75. The fourth-order valence-electron chi connectivity index (χ4n) is 1.84. The van der Waals surface area contributed by atoms with Crippen molar-refractivity contribution in [1.82, 2.24) is 9.97 Å². The van der Waals surface area contributed by atoms with E-state index < -0.39 is 0 Å². The summed E-state index contributed by atoms with van der Waals surface area (Å²) < 4.78 is 0. The van der Waals surface area contributed by atoms with E-state index in [1.165, 1.54) is 5.56 Å². The first kappa shape index (κ1) is 9.90. The lowest BCUT2D eigenvalue weighted by Gasteiger charge is -2.05. The number of hydrogen-bond acceptors (Lipinski definition) is 2. The van der Waals surface area contributed by atoms with Gasteiger partial charge in [0.2, 0.25) is 0 Å². The van der Waals surface area contributed by atoms with E-state index in [0.29, 0.717) is 0 Å². The normalized spacial score (nSPS) is 10.6. The largest absolute Gasteiger partial charge is 0.380 e. The first-order chi connectivity index (χ1) is 8.42.